The third-order valence-electron chi connectivity index (χ3n) is 24.5. The van der Waals surface area contributed by atoms with Crippen LogP contribution in [-0.2, 0) is 0 Å². The number of para-hydroxylation sites is 4. The van der Waals surface area contributed by atoms with Gasteiger partial charge in [-0.05, 0) is 173 Å². The average Bonchev–Trinajstić information content (AvgIpc) is 0.678. The van der Waals surface area contributed by atoms with Crippen molar-refractivity contribution in [2.24, 2.45) is 0 Å². The Morgan fingerprint density at radius 1 is 0.271 bits per heavy atom. The van der Waals surface area contributed by atoms with Crippen molar-refractivity contribution in [1.82, 2.24) is 0 Å². The lowest BCUT2D eigenvalue weighted by atomic mass is 9.78. The zero-order valence-corrected chi connectivity index (χ0v) is 69.4. The SMILES string of the molecule is CC(C)c1cccc(C(C)C)c1N1C(=O)c2ccc3c4c(Cl)cc5c6c(ccc(c7c(Cl)cc(c2c37)C1=O)c64)C(=O)N(c1c(C(C)C)cccc1C(C)C)C5=O.[C-]#[N+]c1cc2c3c(cc(C#N)c4c5c(C#N)cc6c7c(cc([N+]#[C-])c(c1c34)c75)C(=O)N(c1c(C(C)C)cccc1C(C)C)C6=O)C(=O)N(c1c(C(C)C)cccc1C(C)C)C2=O. The molecule has 118 heavy (non-hydrogen) atoms. The fourth-order valence-electron chi connectivity index (χ4n) is 19.2. The Bertz CT molecular complexity index is 6570. The molecule has 0 saturated carbocycles. The van der Waals surface area contributed by atoms with Gasteiger partial charge >= 0.3 is 0 Å². The van der Waals surface area contributed by atoms with Crippen LogP contribution in [0, 0.1) is 35.8 Å². The quantitative estimate of drug-likeness (QED) is 0.0489. The molecule has 0 N–H and O–H groups in total. The zero-order chi connectivity index (χ0) is 84.2. The second-order valence-electron chi connectivity index (χ2n) is 33.8. The van der Waals surface area contributed by atoms with Crippen molar-refractivity contribution in [2.45, 2.75) is 158 Å². The van der Waals surface area contributed by atoms with Gasteiger partial charge in [-0.25, -0.2) is 29.3 Å². The van der Waals surface area contributed by atoms with E-state index >= 15 is 19.2 Å². The van der Waals surface area contributed by atoms with Crippen LogP contribution in [0.15, 0.2) is 133 Å². The van der Waals surface area contributed by atoms with Crippen LogP contribution >= 0.6 is 23.2 Å². The molecule has 0 atom stereocenters. The largest absolute Gasteiger partial charge is 0.268 e. The monoisotopic (exact) mass is 1590 g/mol. The number of fused-ring (bicyclic) bond motifs is 4. The van der Waals surface area contributed by atoms with Crippen LogP contribution < -0.4 is 19.6 Å². The molecule has 0 unspecified atom stereocenters. The summed E-state index contributed by atoms with van der Waals surface area (Å²) in [6, 6.07) is 44.0. The smallest absolute Gasteiger partial charge is 0.266 e. The first-order valence-corrected chi connectivity index (χ1v) is 40.6. The summed E-state index contributed by atoms with van der Waals surface area (Å²) in [5.74, 6) is -4.36. The van der Waals surface area contributed by atoms with Gasteiger partial charge < -0.3 is 0 Å². The molecular formula is C100H78Cl2N8O8. The van der Waals surface area contributed by atoms with Crippen molar-refractivity contribution in [3.05, 3.63) is 266 Å². The molecule has 0 saturated heterocycles. The van der Waals surface area contributed by atoms with Crippen LogP contribution in [0.25, 0.3) is 95.9 Å². The summed E-state index contributed by atoms with van der Waals surface area (Å²) < 4.78 is 0. The van der Waals surface area contributed by atoms with Gasteiger partial charge in [-0.3, -0.25) is 38.4 Å². The van der Waals surface area contributed by atoms with Crippen LogP contribution in [-0.4, -0.2) is 47.3 Å². The molecule has 4 aliphatic rings. The van der Waals surface area contributed by atoms with Crippen LogP contribution in [0.3, 0.4) is 0 Å². The molecule has 4 heterocycles. The topological polar surface area (TPSA) is 206 Å². The third-order valence-corrected chi connectivity index (χ3v) is 25.1. The molecule has 0 bridgehead atoms. The molecule has 580 valence electrons. The molecule has 16 nitrogen and oxygen atoms in total. The molecule has 0 aliphatic carbocycles. The van der Waals surface area contributed by atoms with Crippen molar-refractivity contribution in [1.29, 1.82) is 10.5 Å². The van der Waals surface area contributed by atoms with Gasteiger partial charge in [0.2, 0.25) is 0 Å². The average molecular weight is 1590 g/mol. The lowest BCUT2D eigenvalue weighted by molar-refractivity contribution is 0.0877. The maximum absolute atomic E-state index is 15.0. The van der Waals surface area contributed by atoms with Crippen LogP contribution in [0.4, 0.5) is 34.1 Å². The first-order chi connectivity index (χ1) is 56.3. The molecule has 4 aliphatic heterocycles. The second-order valence-corrected chi connectivity index (χ2v) is 34.6. The Morgan fingerprint density at radius 2 is 0.492 bits per heavy atom. The van der Waals surface area contributed by atoms with Gasteiger partial charge in [-0.2, -0.15) is 10.5 Å². The van der Waals surface area contributed by atoms with E-state index in [4.69, 9.17) is 36.3 Å². The highest BCUT2D eigenvalue weighted by atomic mass is 35.5. The summed E-state index contributed by atoms with van der Waals surface area (Å²) in [5.41, 5.74) is 10.5. The number of nitrogens with zero attached hydrogens (tertiary/aromatic N) is 8. The number of rotatable bonds is 12. The Morgan fingerprint density at radius 3 is 0.720 bits per heavy atom. The minimum atomic E-state index is -0.650. The summed E-state index contributed by atoms with van der Waals surface area (Å²) in [5, 5.41) is 29.1. The van der Waals surface area contributed by atoms with E-state index in [1.807, 2.05) is 140 Å². The van der Waals surface area contributed by atoms with Crippen molar-refractivity contribution in [3.8, 4) is 12.1 Å². The van der Waals surface area contributed by atoms with E-state index in [-0.39, 0.29) is 135 Å². The third kappa shape index (κ3) is 10.6. The number of hydrogen-bond acceptors (Lipinski definition) is 10. The van der Waals surface area contributed by atoms with Gasteiger partial charge in [0.05, 0.1) is 81.4 Å². The predicted octanol–water partition coefficient (Wildman–Crippen LogP) is 25.8. The van der Waals surface area contributed by atoms with Gasteiger partial charge in [-0.1, -0.05) is 219 Å². The number of carbonyl (C=O) groups excluding carboxylic acids is 8. The van der Waals surface area contributed by atoms with Gasteiger partial charge in [-0.15, -0.1) is 0 Å². The van der Waals surface area contributed by atoms with Crippen LogP contribution in [0.2, 0.25) is 10.0 Å². The molecule has 0 spiro atoms. The highest BCUT2D eigenvalue weighted by molar-refractivity contribution is 6.54. The van der Waals surface area contributed by atoms with Crippen molar-refractivity contribution in [2.75, 3.05) is 19.6 Å². The highest BCUT2D eigenvalue weighted by Crippen LogP contribution is 2.58. The Balaban J connectivity index is 0.000000170. The summed E-state index contributed by atoms with van der Waals surface area (Å²) in [4.78, 5) is 132. The second kappa shape index (κ2) is 27.7. The number of anilines is 4. The maximum atomic E-state index is 15.0. The van der Waals surface area contributed by atoms with E-state index in [0.29, 0.717) is 98.1 Å². The minimum Gasteiger partial charge on any atom is -0.268 e. The van der Waals surface area contributed by atoms with Gasteiger partial charge in [0, 0.05) is 86.2 Å². The molecule has 18 heteroatoms. The lowest BCUT2D eigenvalue weighted by Gasteiger charge is -2.34. The van der Waals surface area contributed by atoms with E-state index in [1.54, 1.807) is 24.3 Å². The maximum Gasteiger partial charge on any atom is 0.266 e. The molecule has 0 aromatic heterocycles. The van der Waals surface area contributed by atoms with E-state index in [2.05, 4.69) is 77.2 Å². The number of nitriles is 2. The molecule has 0 radical (unpaired) electrons. The number of imide groups is 4. The standard InChI is InChI=1S/C52H38N6O4.C48H40Cl2N2O4/c1-23(2)29-13-11-14-30(24(3)4)47(29)57-49(59)33-17-27(21-53)39-40-28(22-54)18-34-42-36(52(62)58(50(34)60)48-31(25(5)6)15-12-16-32(48)26(7)8)20-38(56-10)44(46(40)42)43-37(55-9)19-35(51(57)61)41(33)45(39)43;1-21(2)25-11-9-12-26(22(3)4)43(25)51-45(53)31-17-15-29-40-36(50)20-34-38-32(18-16-30(42(38)40)39-35(49)19-33(47(51)55)37(31)41(29)39)46(54)52(48(34)56)44-27(23(5)6)13-10-14-28(44)24(7)8/h11-20,23-26H,1-8H3;9-24H,1-8H3. The Kier molecular flexibility index (Phi) is 18.2. The first-order valence-electron chi connectivity index (χ1n) is 39.8. The summed E-state index contributed by atoms with van der Waals surface area (Å²) >= 11 is 14.5. The Labute approximate surface area is 691 Å². The fraction of sp³-hybridized carbons (Fsp3) is 0.240. The molecule has 8 amide bonds. The molecule has 0 fully saturated rings. The van der Waals surface area contributed by atoms with Crippen molar-refractivity contribution >= 4 is 191 Å². The highest BCUT2D eigenvalue weighted by Gasteiger charge is 2.46. The van der Waals surface area contributed by atoms with Crippen molar-refractivity contribution in [3.63, 3.8) is 0 Å². The number of amides is 8. The van der Waals surface area contributed by atoms with E-state index in [0.717, 1.165) is 54.3 Å². The molecule has 14 aromatic carbocycles. The number of halogens is 2. The molecule has 18 rings (SSSR count). The number of hydrogen-bond donors (Lipinski definition) is 0. The zero-order valence-electron chi connectivity index (χ0n) is 67.9. The van der Waals surface area contributed by atoms with Gasteiger partial charge in [0.15, 0.2) is 11.4 Å². The molecular weight excluding hydrogens is 1510 g/mol. The molecule has 14 aromatic rings. The van der Waals surface area contributed by atoms with Crippen LogP contribution in [0.5, 0.6) is 0 Å². The van der Waals surface area contributed by atoms with Crippen LogP contribution in [0.1, 0.15) is 297 Å². The summed E-state index contributed by atoms with van der Waals surface area (Å²) in [6.45, 7) is 49.4. The van der Waals surface area contributed by atoms with Crippen molar-refractivity contribution < 1.29 is 38.4 Å². The number of benzene rings is 14. The fourth-order valence-corrected chi connectivity index (χ4v) is 19.8. The summed E-state index contributed by atoms with van der Waals surface area (Å²) in [7, 11) is 0. The van der Waals surface area contributed by atoms with Gasteiger partial charge in [0.25, 0.3) is 47.3 Å². The normalized spacial score (nSPS) is 14.2. The van der Waals surface area contributed by atoms with Gasteiger partial charge in [0.1, 0.15) is 0 Å². The number of carbonyl (C=O) groups is 8. The summed E-state index contributed by atoms with van der Waals surface area (Å²) in [6.07, 6.45) is 0. The first kappa shape index (κ1) is 77.4. The lowest BCUT2D eigenvalue weighted by Crippen LogP contribution is -2.42. The minimum absolute atomic E-state index is 0.0135. The van der Waals surface area contributed by atoms with E-state index in [9.17, 15) is 29.7 Å². The van der Waals surface area contributed by atoms with E-state index in [1.165, 1.54) is 34.1 Å². The van der Waals surface area contributed by atoms with E-state index < -0.39 is 47.3 Å². The predicted molar refractivity (Wildman–Crippen MR) is 470 cm³/mol. The Hall–Kier alpha value is -13.2.